The van der Waals surface area contributed by atoms with Crippen LogP contribution in [0.25, 0.3) is 22.4 Å². The Morgan fingerprint density at radius 1 is 0.923 bits per heavy atom. The lowest BCUT2D eigenvalue weighted by Crippen LogP contribution is -2.14. The zero-order valence-corrected chi connectivity index (χ0v) is 16.9. The minimum absolute atomic E-state index is 0.165. The van der Waals surface area contributed by atoms with Gasteiger partial charge in [-0.05, 0) is 42.0 Å². The molecule has 2 aromatic carbocycles. The van der Waals surface area contributed by atoms with Gasteiger partial charge in [0.25, 0.3) is 0 Å². The Labute approximate surface area is 165 Å². The second-order valence-electron chi connectivity index (χ2n) is 5.37. The van der Waals surface area contributed by atoms with Crippen LogP contribution in [0.1, 0.15) is 0 Å². The number of hydrogen-bond donors (Lipinski definition) is 1. The third kappa shape index (κ3) is 3.85. The molecule has 0 spiro atoms. The molecule has 3 aromatic rings. The molecule has 1 heterocycles. The highest BCUT2D eigenvalue weighted by atomic mass is 79.9. The monoisotopic (exact) mass is 502 g/mol. The maximum Gasteiger partial charge on any atom is 0.241 e. The standard InChI is InChI=1S/C17H10Br2F2N2O2S/c18-10-4-9(5-11(19)6-10)12-2-1-3-23-17(12)13-7-15(21)16(8-14(13)20)26(22,24)25/h1-8H,(H2,22,24,25). The van der Waals surface area contributed by atoms with E-state index in [1.165, 1.54) is 6.20 Å². The summed E-state index contributed by atoms with van der Waals surface area (Å²) in [4.78, 5) is 3.26. The zero-order chi connectivity index (χ0) is 19.1. The number of nitrogens with two attached hydrogens (primary N) is 1. The third-order valence-electron chi connectivity index (χ3n) is 3.56. The summed E-state index contributed by atoms with van der Waals surface area (Å²) in [5, 5.41) is 4.91. The van der Waals surface area contributed by atoms with E-state index in [4.69, 9.17) is 5.14 Å². The topological polar surface area (TPSA) is 73.1 Å². The maximum atomic E-state index is 14.6. The highest BCUT2D eigenvalue weighted by molar-refractivity contribution is 9.11. The predicted octanol–water partition coefficient (Wildman–Crippen LogP) is 4.87. The summed E-state index contributed by atoms with van der Waals surface area (Å²) in [6, 6.07) is 10.2. The minimum Gasteiger partial charge on any atom is -0.255 e. The SMILES string of the molecule is NS(=O)(=O)c1cc(F)c(-c2ncccc2-c2cc(Br)cc(Br)c2)cc1F. The van der Waals surface area contributed by atoms with Crippen LogP contribution in [0, 0.1) is 11.6 Å². The van der Waals surface area contributed by atoms with Gasteiger partial charge in [-0.25, -0.2) is 22.3 Å². The van der Waals surface area contributed by atoms with E-state index in [9.17, 15) is 17.2 Å². The molecule has 0 amide bonds. The van der Waals surface area contributed by atoms with Gasteiger partial charge in [-0.1, -0.05) is 37.9 Å². The third-order valence-corrected chi connectivity index (χ3v) is 5.41. The number of halogens is 4. The van der Waals surface area contributed by atoms with Crippen LogP contribution in [-0.2, 0) is 10.0 Å². The molecule has 0 aliphatic heterocycles. The number of hydrogen-bond acceptors (Lipinski definition) is 3. The zero-order valence-electron chi connectivity index (χ0n) is 12.9. The molecule has 4 nitrogen and oxygen atoms in total. The summed E-state index contributed by atoms with van der Waals surface area (Å²) in [7, 11) is -4.38. The van der Waals surface area contributed by atoms with E-state index >= 15 is 0 Å². The molecule has 134 valence electrons. The van der Waals surface area contributed by atoms with Gasteiger partial charge in [0, 0.05) is 26.3 Å². The van der Waals surface area contributed by atoms with Gasteiger partial charge in [-0.15, -0.1) is 0 Å². The summed E-state index contributed by atoms with van der Waals surface area (Å²) in [6.07, 6.45) is 1.44. The number of benzene rings is 2. The molecule has 0 saturated carbocycles. The Morgan fingerprint density at radius 2 is 1.58 bits per heavy atom. The molecular weight excluding hydrogens is 494 g/mol. The number of rotatable bonds is 3. The Bertz CT molecular complexity index is 1100. The van der Waals surface area contributed by atoms with Crippen molar-refractivity contribution >= 4 is 41.9 Å². The van der Waals surface area contributed by atoms with Gasteiger partial charge in [0.2, 0.25) is 10.0 Å². The fourth-order valence-electron chi connectivity index (χ4n) is 2.49. The second-order valence-corrected chi connectivity index (χ2v) is 8.73. The van der Waals surface area contributed by atoms with Crippen LogP contribution >= 0.6 is 31.9 Å². The van der Waals surface area contributed by atoms with Gasteiger partial charge in [-0.2, -0.15) is 0 Å². The van der Waals surface area contributed by atoms with Crippen molar-refractivity contribution in [2.45, 2.75) is 4.90 Å². The van der Waals surface area contributed by atoms with Crippen LogP contribution in [0.2, 0.25) is 0 Å². The van der Waals surface area contributed by atoms with Crippen molar-refractivity contribution in [3.8, 4) is 22.4 Å². The van der Waals surface area contributed by atoms with E-state index in [1.807, 2.05) is 6.07 Å². The fourth-order valence-corrected chi connectivity index (χ4v) is 4.38. The highest BCUT2D eigenvalue weighted by Crippen LogP contribution is 2.35. The van der Waals surface area contributed by atoms with Crippen LogP contribution in [0.5, 0.6) is 0 Å². The first-order valence-corrected chi connectivity index (χ1v) is 10.2. The Kier molecular flexibility index (Phi) is 5.25. The molecule has 9 heteroatoms. The Hall–Kier alpha value is -1.68. The molecular formula is C17H10Br2F2N2O2S. The Morgan fingerprint density at radius 3 is 2.19 bits per heavy atom. The summed E-state index contributed by atoms with van der Waals surface area (Å²) in [6.45, 7) is 0. The van der Waals surface area contributed by atoms with Crippen molar-refractivity contribution in [3.63, 3.8) is 0 Å². The summed E-state index contributed by atoms with van der Waals surface area (Å²) in [5.74, 6) is -2.08. The van der Waals surface area contributed by atoms with Crippen molar-refractivity contribution in [2.24, 2.45) is 5.14 Å². The minimum atomic E-state index is -4.38. The molecule has 0 radical (unpaired) electrons. The Balaban J connectivity index is 2.25. The van der Waals surface area contributed by atoms with E-state index in [1.54, 1.807) is 24.3 Å². The number of sulfonamides is 1. The van der Waals surface area contributed by atoms with Gasteiger partial charge < -0.3 is 0 Å². The quantitative estimate of drug-likeness (QED) is 0.554. The molecule has 3 rings (SSSR count). The van der Waals surface area contributed by atoms with E-state index < -0.39 is 26.6 Å². The predicted molar refractivity (Wildman–Crippen MR) is 102 cm³/mol. The van der Waals surface area contributed by atoms with E-state index in [0.29, 0.717) is 17.2 Å². The van der Waals surface area contributed by atoms with Crippen LogP contribution in [0.3, 0.4) is 0 Å². The molecule has 2 N–H and O–H groups in total. The van der Waals surface area contributed by atoms with Crippen LogP contribution in [0.4, 0.5) is 8.78 Å². The molecule has 0 saturated heterocycles. The molecule has 0 aliphatic carbocycles. The first kappa shape index (κ1) is 19.1. The summed E-state index contributed by atoms with van der Waals surface area (Å²) >= 11 is 6.77. The molecule has 0 bridgehead atoms. The lowest BCUT2D eigenvalue weighted by molar-refractivity contribution is 0.555. The fraction of sp³-hybridized carbons (Fsp3) is 0. The molecule has 0 fully saturated rings. The first-order valence-electron chi connectivity index (χ1n) is 7.10. The van der Waals surface area contributed by atoms with Gasteiger partial charge >= 0.3 is 0 Å². The molecule has 0 unspecified atom stereocenters. The first-order chi connectivity index (χ1) is 12.2. The average Bonchev–Trinajstić information content (AvgIpc) is 2.55. The lowest BCUT2D eigenvalue weighted by atomic mass is 9.99. The van der Waals surface area contributed by atoms with Crippen molar-refractivity contribution in [3.05, 3.63) is 69.2 Å². The summed E-state index contributed by atoms with van der Waals surface area (Å²) < 4.78 is 53.1. The summed E-state index contributed by atoms with van der Waals surface area (Å²) in [5.41, 5.74) is 1.28. The molecule has 0 aliphatic rings. The number of primary sulfonamides is 1. The van der Waals surface area contributed by atoms with Crippen LogP contribution in [0.15, 0.2) is 62.5 Å². The van der Waals surface area contributed by atoms with E-state index in [2.05, 4.69) is 36.8 Å². The van der Waals surface area contributed by atoms with Crippen molar-refractivity contribution in [2.75, 3.05) is 0 Å². The van der Waals surface area contributed by atoms with Gasteiger partial charge in [0.05, 0.1) is 5.69 Å². The van der Waals surface area contributed by atoms with E-state index in [0.717, 1.165) is 15.0 Å². The largest absolute Gasteiger partial charge is 0.255 e. The number of pyridine rings is 1. The van der Waals surface area contributed by atoms with Crippen molar-refractivity contribution < 1.29 is 17.2 Å². The lowest BCUT2D eigenvalue weighted by Gasteiger charge is -2.12. The second kappa shape index (κ2) is 7.15. The van der Waals surface area contributed by atoms with Crippen LogP contribution < -0.4 is 5.14 Å². The van der Waals surface area contributed by atoms with Gasteiger partial charge in [0.1, 0.15) is 16.5 Å². The number of aromatic nitrogens is 1. The van der Waals surface area contributed by atoms with Crippen molar-refractivity contribution in [1.82, 2.24) is 4.98 Å². The highest BCUT2D eigenvalue weighted by Gasteiger charge is 2.21. The number of nitrogens with zero attached hydrogens (tertiary/aromatic N) is 1. The molecule has 0 atom stereocenters. The molecule has 26 heavy (non-hydrogen) atoms. The van der Waals surface area contributed by atoms with Gasteiger partial charge in [0.15, 0.2) is 0 Å². The molecule has 1 aromatic heterocycles. The van der Waals surface area contributed by atoms with Gasteiger partial charge in [-0.3, -0.25) is 4.98 Å². The average molecular weight is 504 g/mol. The van der Waals surface area contributed by atoms with Crippen LogP contribution in [-0.4, -0.2) is 13.4 Å². The smallest absolute Gasteiger partial charge is 0.241 e. The normalized spacial score (nSPS) is 11.6. The maximum absolute atomic E-state index is 14.6. The van der Waals surface area contributed by atoms with Crippen molar-refractivity contribution in [1.29, 1.82) is 0 Å². The van der Waals surface area contributed by atoms with E-state index in [-0.39, 0.29) is 11.3 Å².